The van der Waals surface area contributed by atoms with Crippen LogP contribution in [0.1, 0.15) is 27.0 Å². The van der Waals surface area contributed by atoms with Gasteiger partial charge in [0.15, 0.2) is 0 Å². The largest absolute Gasteiger partial charge is 0.379 e. The number of carbonyl (C=O) groups is 1. The van der Waals surface area contributed by atoms with Crippen LogP contribution in [-0.2, 0) is 4.74 Å². The molecule has 5 nitrogen and oxygen atoms in total. The van der Waals surface area contributed by atoms with Crippen molar-refractivity contribution in [2.75, 3.05) is 32.8 Å². The summed E-state index contributed by atoms with van der Waals surface area (Å²) in [6.45, 7) is 5.06. The molecule has 3 aromatic rings. The maximum atomic E-state index is 13.4. The minimum absolute atomic E-state index is 0.0580. The van der Waals surface area contributed by atoms with Crippen LogP contribution in [-0.4, -0.2) is 48.6 Å². The number of aryl methyl sites for hydroxylation is 1. The quantitative estimate of drug-likeness (QED) is 0.579. The molecular weight excluding hydrogens is 437 g/mol. The average molecular weight is 460 g/mol. The van der Waals surface area contributed by atoms with Gasteiger partial charge in [-0.05, 0) is 36.8 Å². The van der Waals surface area contributed by atoms with E-state index in [0.29, 0.717) is 35.4 Å². The van der Waals surface area contributed by atoms with Crippen LogP contribution in [0.5, 0.6) is 0 Å². The Kier molecular flexibility index (Phi) is 6.97. The number of hydrogen-bond acceptors (Lipinski definition) is 5. The summed E-state index contributed by atoms with van der Waals surface area (Å²) in [4.78, 5) is 20.4. The SMILES string of the molecule is Cc1nc(-c2ccc(Cl)cc2)sc1C(=O)NC[C@@H](c1ccc(F)cc1)N1CCOCC1. The van der Waals surface area contributed by atoms with Gasteiger partial charge in [-0.15, -0.1) is 11.3 Å². The summed E-state index contributed by atoms with van der Waals surface area (Å²) >= 11 is 7.33. The number of nitrogens with one attached hydrogen (secondary N) is 1. The highest BCUT2D eigenvalue weighted by Gasteiger charge is 2.24. The van der Waals surface area contributed by atoms with Gasteiger partial charge in [0.2, 0.25) is 0 Å². The number of thiazole rings is 1. The lowest BCUT2D eigenvalue weighted by Crippen LogP contribution is -2.43. The van der Waals surface area contributed by atoms with Crippen LogP contribution in [0.2, 0.25) is 5.02 Å². The first-order valence-corrected chi connectivity index (χ1v) is 11.3. The molecule has 0 radical (unpaired) electrons. The van der Waals surface area contributed by atoms with Crippen molar-refractivity contribution in [3.8, 4) is 10.6 Å². The molecule has 0 unspecified atom stereocenters. The second-order valence-corrected chi connectivity index (χ2v) is 8.80. The zero-order valence-electron chi connectivity index (χ0n) is 17.1. The molecule has 31 heavy (non-hydrogen) atoms. The van der Waals surface area contributed by atoms with Crippen molar-refractivity contribution in [2.45, 2.75) is 13.0 Å². The van der Waals surface area contributed by atoms with Gasteiger partial charge in [0.05, 0.1) is 24.9 Å². The smallest absolute Gasteiger partial charge is 0.263 e. The molecule has 4 rings (SSSR count). The number of aromatic nitrogens is 1. The molecule has 0 spiro atoms. The number of halogens is 2. The van der Waals surface area contributed by atoms with Gasteiger partial charge in [-0.2, -0.15) is 0 Å². The minimum atomic E-state index is -0.275. The highest BCUT2D eigenvalue weighted by Crippen LogP contribution is 2.29. The molecule has 162 valence electrons. The summed E-state index contributed by atoms with van der Waals surface area (Å²) in [6, 6.07) is 13.8. The number of amides is 1. The Hall–Kier alpha value is -2.32. The number of rotatable bonds is 6. The van der Waals surface area contributed by atoms with Crippen LogP contribution in [0.15, 0.2) is 48.5 Å². The molecule has 1 aliphatic heterocycles. The van der Waals surface area contributed by atoms with Gasteiger partial charge >= 0.3 is 0 Å². The Morgan fingerprint density at radius 3 is 2.55 bits per heavy atom. The van der Waals surface area contributed by atoms with Gasteiger partial charge in [-0.1, -0.05) is 35.9 Å². The van der Waals surface area contributed by atoms with E-state index in [1.807, 2.05) is 31.2 Å². The first-order valence-electron chi connectivity index (χ1n) is 10.1. The molecule has 2 aromatic carbocycles. The molecule has 1 amide bonds. The summed E-state index contributed by atoms with van der Waals surface area (Å²) < 4.78 is 18.9. The van der Waals surface area contributed by atoms with Crippen molar-refractivity contribution in [3.05, 3.63) is 75.5 Å². The van der Waals surface area contributed by atoms with E-state index in [9.17, 15) is 9.18 Å². The second kappa shape index (κ2) is 9.87. The maximum Gasteiger partial charge on any atom is 0.263 e. The number of nitrogens with zero attached hydrogens (tertiary/aromatic N) is 2. The molecule has 0 bridgehead atoms. The summed E-state index contributed by atoms with van der Waals surface area (Å²) in [5.41, 5.74) is 2.58. The number of carbonyl (C=O) groups excluding carboxylic acids is 1. The minimum Gasteiger partial charge on any atom is -0.379 e. The highest BCUT2D eigenvalue weighted by atomic mass is 35.5. The third-order valence-electron chi connectivity index (χ3n) is 5.29. The number of hydrogen-bond donors (Lipinski definition) is 1. The topological polar surface area (TPSA) is 54.5 Å². The second-order valence-electron chi connectivity index (χ2n) is 7.37. The summed E-state index contributed by atoms with van der Waals surface area (Å²) in [5.74, 6) is -0.431. The van der Waals surface area contributed by atoms with Crippen molar-refractivity contribution in [2.24, 2.45) is 0 Å². The standard InChI is InChI=1S/C23H23ClFN3O2S/c1-15-21(31-23(27-15)17-2-6-18(24)7-3-17)22(29)26-14-20(28-10-12-30-13-11-28)16-4-8-19(25)9-5-16/h2-9,20H,10-14H2,1H3,(H,26,29)/t20-/m0/s1. The zero-order valence-corrected chi connectivity index (χ0v) is 18.7. The molecule has 0 saturated carbocycles. The van der Waals surface area contributed by atoms with Gasteiger partial charge in [-0.3, -0.25) is 9.69 Å². The van der Waals surface area contributed by atoms with Crippen molar-refractivity contribution >= 4 is 28.8 Å². The van der Waals surface area contributed by atoms with E-state index in [4.69, 9.17) is 16.3 Å². The molecule has 8 heteroatoms. The van der Waals surface area contributed by atoms with Crippen LogP contribution >= 0.6 is 22.9 Å². The van der Waals surface area contributed by atoms with Crippen LogP contribution in [0.25, 0.3) is 10.6 Å². The highest BCUT2D eigenvalue weighted by molar-refractivity contribution is 7.17. The molecule has 1 aromatic heterocycles. The van der Waals surface area contributed by atoms with Crippen LogP contribution < -0.4 is 5.32 Å². The number of ether oxygens (including phenoxy) is 1. The lowest BCUT2D eigenvalue weighted by molar-refractivity contribution is 0.0162. The van der Waals surface area contributed by atoms with Crippen LogP contribution in [0.4, 0.5) is 4.39 Å². The van der Waals surface area contributed by atoms with Gasteiger partial charge in [0, 0.05) is 30.2 Å². The van der Waals surface area contributed by atoms with Crippen molar-refractivity contribution < 1.29 is 13.9 Å². The van der Waals surface area contributed by atoms with Crippen molar-refractivity contribution in [1.29, 1.82) is 0 Å². The Morgan fingerprint density at radius 1 is 1.19 bits per heavy atom. The van der Waals surface area contributed by atoms with Gasteiger partial charge in [0.25, 0.3) is 5.91 Å². The Balaban J connectivity index is 1.49. The van der Waals surface area contributed by atoms with E-state index >= 15 is 0 Å². The van der Waals surface area contributed by atoms with Crippen molar-refractivity contribution in [1.82, 2.24) is 15.2 Å². The Morgan fingerprint density at radius 2 is 1.87 bits per heavy atom. The molecule has 1 atom stereocenters. The Labute approximate surface area is 189 Å². The summed E-state index contributed by atoms with van der Waals surface area (Å²) in [6.07, 6.45) is 0. The molecule has 1 aliphatic rings. The normalized spacial score (nSPS) is 15.6. The molecule has 1 saturated heterocycles. The number of benzene rings is 2. The fourth-order valence-electron chi connectivity index (χ4n) is 3.62. The number of morpholine rings is 1. The van der Waals surface area contributed by atoms with Gasteiger partial charge in [0.1, 0.15) is 15.7 Å². The van der Waals surface area contributed by atoms with Gasteiger partial charge < -0.3 is 10.1 Å². The monoisotopic (exact) mass is 459 g/mol. The molecule has 2 heterocycles. The predicted octanol–water partition coefficient (Wildman–Crippen LogP) is 4.71. The van der Waals surface area contributed by atoms with Crippen LogP contribution in [0, 0.1) is 12.7 Å². The van der Waals surface area contributed by atoms with Crippen LogP contribution in [0.3, 0.4) is 0 Å². The maximum absolute atomic E-state index is 13.4. The van der Waals surface area contributed by atoms with Gasteiger partial charge in [-0.25, -0.2) is 9.37 Å². The molecular formula is C23H23ClFN3O2S. The third kappa shape index (κ3) is 5.30. The fourth-order valence-corrected chi connectivity index (χ4v) is 4.74. The first-order chi connectivity index (χ1) is 15.0. The van der Waals surface area contributed by atoms with E-state index in [1.165, 1.54) is 23.5 Å². The summed E-state index contributed by atoms with van der Waals surface area (Å²) in [7, 11) is 0. The lowest BCUT2D eigenvalue weighted by atomic mass is 10.0. The lowest BCUT2D eigenvalue weighted by Gasteiger charge is -2.34. The van der Waals surface area contributed by atoms with E-state index in [-0.39, 0.29) is 17.8 Å². The van der Waals surface area contributed by atoms with E-state index in [2.05, 4.69) is 15.2 Å². The predicted molar refractivity (Wildman–Crippen MR) is 121 cm³/mol. The first kappa shape index (κ1) is 21.9. The molecule has 1 fully saturated rings. The molecule has 1 N–H and O–H groups in total. The summed E-state index contributed by atoms with van der Waals surface area (Å²) in [5, 5.41) is 4.50. The van der Waals surface area contributed by atoms with Crippen molar-refractivity contribution in [3.63, 3.8) is 0 Å². The fraction of sp³-hybridized carbons (Fsp3) is 0.304. The average Bonchev–Trinajstić information content (AvgIpc) is 3.18. The zero-order chi connectivity index (χ0) is 21.8. The Bertz CT molecular complexity index is 1030. The third-order valence-corrected chi connectivity index (χ3v) is 6.75. The van der Waals surface area contributed by atoms with E-state index < -0.39 is 0 Å². The van der Waals surface area contributed by atoms with E-state index in [1.54, 1.807) is 12.1 Å². The molecule has 0 aliphatic carbocycles. The van der Waals surface area contributed by atoms with E-state index in [0.717, 1.165) is 29.2 Å².